The third-order valence-electron chi connectivity index (χ3n) is 6.06. The molecule has 10 heteroatoms. The summed E-state index contributed by atoms with van der Waals surface area (Å²) >= 11 is 0.668. The van der Waals surface area contributed by atoms with Crippen LogP contribution in [0.1, 0.15) is 27.3 Å². The van der Waals surface area contributed by atoms with E-state index in [0.29, 0.717) is 40.5 Å². The number of alkyl halides is 3. The first-order chi connectivity index (χ1) is 17.1. The number of rotatable bonds is 8. The van der Waals surface area contributed by atoms with Crippen LogP contribution >= 0.6 is 11.3 Å². The van der Waals surface area contributed by atoms with Gasteiger partial charge in [0.2, 0.25) is 5.91 Å². The number of carboxylic acids is 1. The number of likely N-dealkylation sites (N-methyl/N-ethyl adjacent to an activating group) is 1. The Morgan fingerprint density at radius 3 is 2.56 bits per heavy atom. The van der Waals surface area contributed by atoms with E-state index in [1.807, 2.05) is 6.92 Å². The molecule has 2 aromatic carbocycles. The molecule has 0 unspecified atom stereocenters. The second-order valence-electron chi connectivity index (χ2n) is 8.53. The summed E-state index contributed by atoms with van der Waals surface area (Å²) in [6, 6.07) is 12.5. The lowest BCUT2D eigenvalue weighted by Gasteiger charge is -2.21. The van der Waals surface area contributed by atoms with Crippen LogP contribution in [0.4, 0.5) is 18.9 Å². The van der Waals surface area contributed by atoms with Crippen molar-refractivity contribution in [2.24, 2.45) is 0 Å². The summed E-state index contributed by atoms with van der Waals surface area (Å²) in [5.74, 6) is -0.884. The molecule has 2 N–H and O–H groups in total. The summed E-state index contributed by atoms with van der Waals surface area (Å²) in [4.78, 5) is 25.4. The number of aryl methyl sites for hydroxylation is 1. The number of hydrogen-bond donors (Lipinski definition) is 2. The highest BCUT2D eigenvalue weighted by Gasteiger charge is 2.36. The van der Waals surface area contributed by atoms with Crippen LogP contribution in [0.15, 0.2) is 48.5 Å². The summed E-state index contributed by atoms with van der Waals surface area (Å²) in [5.41, 5.74) is 3.01. The van der Waals surface area contributed by atoms with Crippen LogP contribution in [0.2, 0.25) is 0 Å². The fourth-order valence-electron chi connectivity index (χ4n) is 4.38. The van der Waals surface area contributed by atoms with Gasteiger partial charge in [0.1, 0.15) is 23.3 Å². The molecular formula is C26H25F3N2O4S. The molecule has 0 bridgehead atoms. The minimum Gasteiger partial charge on any atom is -0.488 e. The smallest absolute Gasteiger partial charge is 0.426 e. The minimum absolute atomic E-state index is 0.0239. The van der Waals surface area contributed by atoms with Crippen LogP contribution < -0.4 is 15.0 Å². The maximum absolute atomic E-state index is 13.7. The number of anilines is 1. The molecule has 36 heavy (non-hydrogen) atoms. The molecule has 1 aromatic heterocycles. The molecule has 3 aromatic rings. The van der Waals surface area contributed by atoms with Gasteiger partial charge in [-0.2, -0.15) is 13.2 Å². The molecule has 6 nitrogen and oxygen atoms in total. The standard InChI is InChI=1S/C26H25F3N2O4S/c1-15-10-18(11-17-8-9-31(23(15)17)22(32)13-21(30-2)25(33)34)35-14-19-12-20(16-6-4-3-5-7-16)24(36-19)26(27,28)29/h3-7,10-12,21,30H,8-9,13-14H2,1-2H3,(H,33,34)/t21-/m0/s1. The molecule has 190 valence electrons. The Morgan fingerprint density at radius 2 is 1.92 bits per heavy atom. The highest BCUT2D eigenvalue weighted by molar-refractivity contribution is 7.12. The number of thiophene rings is 1. The molecule has 1 aliphatic rings. The summed E-state index contributed by atoms with van der Waals surface area (Å²) in [7, 11) is 1.49. The second-order valence-corrected chi connectivity index (χ2v) is 9.67. The Labute approximate surface area is 210 Å². The molecule has 4 rings (SSSR count). The van der Waals surface area contributed by atoms with E-state index in [-0.39, 0.29) is 24.5 Å². The highest BCUT2D eigenvalue weighted by Crippen LogP contribution is 2.43. The number of aliphatic carboxylic acids is 1. The van der Waals surface area contributed by atoms with Crippen LogP contribution in [0.5, 0.6) is 5.75 Å². The van der Waals surface area contributed by atoms with E-state index in [4.69, 9.17) is 4.74 Å². The molecule has 0 radical (unpaired) electrons. The van der Waals surface area contributed by atoms with Gasteiger partial charge < -0.3 is 20.1 Å². The van der Waals surface area contributed by atoms with Crippen molar-refractivity contribution in [3.63, 3.8) is 0 Å². The van der Waals surface area contributed by atoms with Gasteiger partial charge in [-0.15, -0.1) is 11.3 Å². The van der Waals surface area contributed by atoms with E-state index in [2.05, 4.69) is 5.32 Å². The number of nitrogens with one attached hydrogen (secondary N) is 1. The number of halogens is 3. The van der Waals surface area contributed by atoms with E-state index in [1.54, 1.807) is 47.4 Å². The molecular weight excluding hydrogens is 493 g/mol. The van der Waals surface area contributed by atoms with Gasteiger partial charge in [-0.1, -0.05) is 30.3 Å². The maximum atomic E-state index is 13.7. The third kappa shape index (κ3) is 5.39. The lowest BCUT2D eigenvalue weighted by molar-refractivity contribution is -0.141. The molecule has 0 spiro atoms. The van der Waals surface area contributed by atoms with E-state index >= 15 is 0 Å². The molecule has 2 heterocycles. The zero-order chi connectivity index (χ0) is 26.0. The van der Waals surface area contributed by atoms with Crippen molar-refractivity contribution in [1.82, 2.24) is 5.32 Å². The summed E-state index contributed by atoms with van der Waals surface area (Å²) in [6.45, 7) is 2.23. The first-order valence-electron chi connectivity index (χ1n) is 11.3. The van der Waals surface area contributed by atoms with E-state index in [0.717, 1.165) is 16.8 Å². The van der Waals surface area contributed by atoms with Crippen LogP contribution in [0.25, 0.3) is 11.1 Å². The molecule has 1 atom stereocenters. The van der Waals surface area contributed by atoms with Gasteiger partial charge in [-0.25, -0.2) is 0 Å². The number of benzene rings is 2. The van der Waals surface area contributed by atoms with Gasteiger partial charge in [0.05, 0.1) is 12.1 Å². The molecule has 0 fully saturated rings. The lowest BCUT2D eigenvalue weighted by atomic mass is 10.1. The summed E-state index contributed by atoms with van der Waals surface area (Å²) in [5, 5.41) is 11.8. The number of carbonyl (C=O) groups is 2. The van der Waals surface area contributed by atoms with Crippen molar-refractivity contribution in [2.45, 2.75) is 38.6 Å². The Hall–Kier alpha value is -3.37. The largest absolute Gasteiger partial charge is 0.488 e. The number of hydrogen-bond acceptors (Lipinski definition) is 5. The number of carboxylic acid groups (broad SMARTS) is 1. The maximum Gasteiger partial charge on any atom is 0.426 e. The zero-order valence-corrected chi connectivity index (χ0v) is 20.5. The van der Waals surface area contributed by atoms with Crippen LogP contribution in [0, 0.1) is 6.92 Å². The van der Waals surface area contributed by atoms with E-state index in [9.17, 15) is 27.9 Å². The lowest BCUT2D eigenvalue weighted by Crippen LogP contribution is -2.40. The quantitative estimate of drug-likeness (QED) is 0.425. The molecule has 1 amide bonds. The topological polar surface area (TPSA) is 78.9 Å². The first kappa shape index (κ1) is 25.7. The zero-order valence-electron chi connectivity index (χ0n) is 19.7. The van der Waals surface area contributed by atoms with Crippen molar-refractivity contribution in [1.29, 1.82) is 0 Å². The van der Waals surface area contributed by atoms with Crippen LogP contribution in [0.3, 0.4) is 0 Å². The van der Waals surface area contributed by atoms with Crippen LogP contribution in [-0.4, -0.2) is 36.6 Å². The Morgan fingerprint density at radius 1 is 1.19 bits per heavy atom. The molecule has 0 aliphatic carbocycles. The van der Waals surface area contributed by atoms with Crippen molar-refractivity contribution in [2.75, 3.05) is 18.5 Å². The number of fused-ring (bicyclic) bond motifs is 1. The van der Waals surface area contributed by atoms with Crippen molar-refractivity contribution in [3.8, 4) is 16.9 Å². The number of amides is 1. The Bertz CT molecular complexity index is 1270. The summed E-state index contributed by atoms with van der Waals surface area (Å²) in [6.07, 6.45) is -4.07. The Kier molecular flexibility index (Phi) is 7.37. The van der Waals surface area contributed by atoms with E-state index < -0.39 is 23.1 Å². The fourth-order valence-corrected chi connectivity index (χ4v) is 5.34. The van der Waals surface area contributed by atoms with Gasteiger partial charge in [-0.05, 0) is 55.3 Å². The SMILES string of the molecule is CN[C@@H](CC(=O)N1CCc2cc(OCc3cc(-c4ccccc4)c(C(F)(F)F)s3)cc(C)c21)C(=O)O. The fraction of sp³-hybridized carbons (Fsp3) is 0.308. The molecule has 1 aliphatic heterocycles. The van der Waals surface area contributed by atoms with Gasteiger partial charge in [-0.3, -0.25) is 9.59 Å². The number of nitrogens with zero attached hydrogens (tertiary/aromatic N) is 1. The molecule has 0 saturated heterocycles. The number of carbonyl (C=O) groups excluding carboxylic acids is 1. The average molecular weight is 519 g/mol. The van der Waals surface area contributed by atoms with Crippen molar-refractivity contribution >= 4 is 28.9 Å². The molecule has 0 saturated carbocycles. The summed E-state index contributed by atoms with van der Waals surface area (Å²) < 4.78 is 46.9. The van der Waals surface area contributed by atoms with Crippen molar-refractivity contribution in [3.05, 3.63) is 69.4 Å². The van der Waals surface area contributed by atoms with E-state index in [1.165, 1.54) is 13.1 Å². The van der Waals surface area contributed by atoms with Gasteiger partial charge in [0, 0.05) is 17.0 Å². The highest BCUT2D eigenvalue weighted by atomic mass is 32.1. The number of ether oxygens (including phenoxy) is 1. The minimum atomic E-state index is -4.47. The van der Waals surface area contributed by atoms with Gasteiger partial charge in [0.15, 0.2) is 0 Å². The predicted molar refractivity (Wildman–Crippen MR) is 131 cm³/mol. The van der Waals surface area contributed by atoms with Gasteiger partial charge >= 0.3 is 12.1 Å². The van der Waals surface area contributed by atoms with Crippen molar-refractivity contribution < 1.29 is 32.6 Å². The van der Waals surface area contributed by atoms with Gasteiger partial charge in [0.25, 0.3) is 0 Å². The Balaban J connectivity index is 1.52. The van der Waals surface area contributed by atoms with Crippen LogP contribution in [-0.2, 0) is 28.8 Å². The normalized spacial score (nSPS) is 14.0. The predicted octanol–water partition coefficient (Wildman–Crippen LogP) is 5.27. The second kappa shape index (κ2) is 10.3. The third-order valence-corrected chi connectivity index (χ3v) is 7.21. The average Bonchev–Trinajstić information content (AvgIpc) is 3.46. The first-order valence-corrected chi connectivity index (χ1v) is 12.1. The monoisotopic (exact) mass is 518 g/mol.